The van der Waals surface area contributed by atoms with Gasteiger partial charge in [-0.1, -0.05) is 0 Å². The molecule has 0 aliphatic heterocycles. The molecule has 2 N–H and O–H groups in total. The van der Waals surface area contributed by atoms with E-state index < -0.39 is 0 Å². The van der Waals surface area contributed by atoms with Crippen LogP contribution in [0.4, 0.5) is 5.00 Å². The first-order chi connectivity index (χ1) is 6.90. The molecule has 1 aromatic heterocycles. The average molecular weight is 226 g/mol. The minimum Gasteiger partial charge on any atom is -0.366 e. The predicted octanol–water partition coefficient (Wildman–Crippen LogP) is 3.01. The van der Waals surface area contributed by atoms with Gasteiger partial charge in [-0.15, -0.1) is 11.3 Å². The predicted molar refractivity (Wildman–Crippen MR) is 69.8 cm³/mol. The number of anilines is 1. The Morgan fingerprint density at radius 1 is 1.47 bits per heavy atom. The fraction of sp³-hybridized carbons (Fsp3) is 0.667. The van der Waals surface area contributed by atoms with Gasteiger partial charge in [0.05, 0.1) is 5.00 Å². The fourth-order valence-corrected chi connectivity index (χ4v) is 2.56. The third-order valence-corrected chi connectivity index (χ3v) is 3.63. The summed E-state index contributed by atoms with van der Waals surface area (Å²) in [6, 6.07) is 2.17. The Morgan fingerprint density at radius 2 is 2.13 bits per heavy atom. The molecule has 1 heterocycles. The van der Waals surface area contributed by atoms with E-state index >= 15 is 0 Å². The molecule has 0 fully saturated rings. The van der Waals surface area contributed by atoms with E-state index in [1.165, 1.54) is 10.6 Å². The van der Waals surface area contributed by atoms with Crippen LogP contribution in [-0.2, 0) is 0 Å². The highest BCUT2D eigenvalue weighted by Crippen LogP contribution is 2.26. The highest BCUT2D eigenvalue weighted by atomic mass is 32.1. The number of rotatable bonds is 5. The van der Waals surface area contributed by atoms with E-state index in [0.717, 1.165) is 19.4 Å². The quantitative estimate of drug-likeness (QED) is 0.836. The molecule has 0 radical (unpaired) electrons. The summed E-state index contributed by atoms with van der Waals surface area (Å²) in [5.74, 6) is 0. The van der Waals surface area contributed by atoms with E-state index in [0.29, 0.717) is 0 Å². The lowest BCUT2D eigenvalue weighted by Gasteiger charge is -2.22. The van der Waals surface area contributed by atoms with E-state index in [4.69, 9.17) is 5.73 Å². The van der Waals surface area contributed by atoms with Crippen LogP contribution in [0.15, 0.2) is 11.4 Å². The largest absolute Gasteiger partial charge is 0.366 e. The first-order valence-electron chi connectivity index (χ1n) is 5.44. The maximum absolute atomic E-state index is 5.95. The fourth-order valence-electron chi connectivity index (χ4n) is 1.63. The molecular weight excluding hydrogens is 204 g/mol. The van der Waals surface area contributed by atoms with Crippen molar-refractivity contribution in [2.24, 2.45) is 5.73 Å². The number of nitrogens with two attached hydrogens (primary N) is 1. The standard InChI is InChI=1S/C12H22N2S/c1-10-6-9-15-11(10)14(4)8-5-7-12(2,3)13/h6,9H,5,7-8,13H2,1-4H3. The van der Waals surface area contributed by atoms with Crippen LogP contribution in [0.2, 0.25) is 0 Å². The summed E-state index contributed by atoms with van der Waals surface area (Å²) >= 11 is 1.81. The van der Waals surface area contributed by atoms with Crippen LogP contribution < -0.4 is 10.6 Å². The van der Waals surface area contributed by atoms with Crippen LogP contribution in [0.5, 0.6) is 0 Å². The van der Waals surface area contributed by atoms with Crippen LogP contribution in [0.3, 0.4) is 0 Å². The van der Waals surface area contributed by atoms with Gasteiger partial charge in [0.1, 0.15) is 0 Å². The third-order valence-electron chi connectivity index (χ3n) is 2.50. The summed E-state index contributed by atoms with van der Waals surface area (Å²) in [6.07, 6.45) is 2.22. The molecule has 1 aromatic rings. The van der Waals surface area contributed by atoms with E-state index in [9.17, 15) is 0 Å². The Morgan fingerprint density at radius 3 is 2.60 bits per heavy atom. The summed E-state index contributed by atoms with van der Waals surface area (Å²) in [6.45, 7) is 7.42. The van der Waals surface area contributed by atoms with Gasteiger partial charge in [0, 0.05) is 19.1 Å². The summed E-state index contributed by atoms with van der Waals surface area (Å²) in [7, 11) is 2.16. The van der Waals surface area contributed by atoms with Gasteiger partial charge < -0.3 is 10.6 Å². The molecule has 0 atom stereocenters. The first kappa shape index (κ1) is 12.5. The van der Waals surface area contributed by atoms with Crippen LogP contribution in [-0.4, -0.2) is 19.1 Å². The number of aryl methyl sites for hydroxylation is 1. The van der Waals surface area contributed by atoms with Crippen molar-refractivity contribution in [2.75, 3.05) is 18.5 Å². The van der Waals surface area contributed by atoms with E-state index in [2.05, 4.69) is 44.2 Å². The maximum Gasteiger partial charge on any atom is 0.0935 e. The van der Waals surface area contributed by atoms with Crippen molar-refractivity contribution >= 4 is 16.3 Å². The number of hydrogen-bond acceptors (Lipinski definition) is 3. The molecule has 0 aliphatic carbocycles. The molecule has 0 saturated heterocycles. The molecule has 15 heavy (non-hydrogen) atoms. The van der Waals surface area contributed by atoms with Gasteiger partial charge in [-0.2, -0.15) is 0 Å². The highest BCUT2D eigenvalue weighted by Gasteiger charge is 2.11. The van der Waals surface area contributed by atoms with Gasteiger partial charge in [0.15, 0.2) is 0 Å². The average Bonchev–Trinajstić information content (AvgIpc) is 2.48. The van der Waals surface area contributed by atoms with E-state index in [-0.39, 0.29) is 5.54 Å². The van der Waals surface area contributed by atoms with Gasteiger partial charge in [0.2, 0.25) is 0 Å². The van der Waals surface area contributed by atoms with Crippen molar-refractivity contribution in [1.29, 1.82) is 0 Å². The Kier molecular flexibility index (Phi) is 4.17. The summed E-state index contributed by atoms with van der Waals surface area (Å²) in [4.78, 5) is 2.33. The molecule has 2 nitrogen and oxygen atoms in total. The van der Waals surface area contributed by atoms with Crippen molar-refractivity contribution in [3.8, 4) is 0 Å². The molecule has 0 aromatic carbocycles. The van der Waals surface area contributed by atoms with Crippen LogP contribution in [0.25, 0.3) is 0 Å². The number of thiophene rings is 1. The Labute approximate surface area is 97.1 Å². The molecule has 3 heteroatoms. The summed E-state index contributed by atoms with van der Waals surface area (Å²) in [5.41, 5.74) is 7.29. The molecule has 0 bridgehead atoms. The Hall–Kier alpha value is -0.540. The molecule has 0 amide bonds. The SMILES string of the molecule is Cc1ccsc1N(C)CCCC(C)(C)N. The summed E-state index contributed by atoms with van der Waals surface area (Å²) < 4.78 is 0. The molecular formula is C12H22N2S. The zero-order valence-corrected chi connectivity index (χ0v) is 11.0. The van der Waals surface area contributed by atoms with E-state index in [1.807, 2.05) is 11.3 Å². The summed E-state index contributed by atoms with van der Waals surface area (Å²) in [5, 5.41) is 3.53. The molecule has 0 aliphatic rings. The van der Waals surface area contributed by atoms with Gasteiger partial charge in [0.25, 0.3) is 0 Å². The maximum atomic E-state index is 5.95. The second-order valence-electron chi connectivity index (χ2n) is 4.92. The van der Waals surface area contributed by atoms with Crippen molar-refractivity contribution in [3.63, 3.8) is 0 Å². The number of hydrogen-bond donors (Lipinski definition) is 1. The van der Waals surface area contributed by atoms with Gasteiger partial charge in [-0.05, 0) is 50.6 Å². The normalized spacial score (nSPS) is 11.8. The van der Waals surface area contributed by atoms with Crippen LogP contribution in [0, 0.1) is 6.92 Å². The topological polar surface area (TPSA) is 29.3 Å². The highest BCUT2D eigenvalue weighted by molar-refractivity contribution is 7.14. The molecule has 0 saturated carbocycles. The zero-order chi connectivity index (χ0) is 11.5. The van der Waals surface area contributed by atoms with Crippen LogP contribution in [0.1, 0.15) is 32.3 Å². The lowest BCUT2D eigenvalue weighted by molar-refractivity contribution is 0.460. The van der Waals surface area contributed by atoms with Crippen LogP contribution >= 0.6 is 11.3 Å². The third kappa shape index (κ3) is 4.22. The van der Waals surface area contributed by atoms with Gasteiger partial charge in [-0.25, -0.2) is 0 Å². The molecule has 0 spiro atoms. The lowest BCUT2D eigenvalue weighted by Crippen LogP contribution is -2.33. The van der Waals surface area contributed by atoms with Crippen molar-refractivity contribution in [1.82, 2.24) is 0 Å². The number of nitrogens with zero attached hydrogens (tertiary/aromatic N) is 1. The second-order valence-corrected chi connectivity index (χ2v) is 5.82. The Balaban J connectivity index is 2.37. The van der Waals surface area contributed by atoms with Gasteiger partial charge in [-0.3, -0.25) is 0 Å². The lowest BCUT2D eigenvalue weighted by atomic mass is 10.0. The van der Waals surface area contributed by atoms with Crippen molar-refractivity contribution in [2.45, 2.75) is 39.2 Å². The smallest absolute Gasteiger partial charge is 0.0935 e. The Bertz CT molecular complexity index is 299. The van der Waals surface area contributed by atoms with Gasteiger partial charge >= 0.3 is 0 Å². The van der Waals surface area contributed by atoms with Crippen molar-refractivity contribution < 1.29 is 0 Å². The second kappa shape index (κ2) is 4.99. The molecule has 86 valence electrons. The zero-order valence-electron chi connectivity index (χ0n) is 10.2. The minimum atomic E-state index is -0.0364. The molecule has 0 unspecified atom stereocenters. The minimum absolute atomic E-state index is 0.0364. The first-order valence-corrected chi connectivity index (χ1v) is 6.32. The monoisotopic (exact) mass is 226 g/mol. The molecule has 1 rings (SSSR count). The van der Waals surface area contributed by atoms with E-state index in [1.54, 1.807) is 0 Å². The van der Waals surface area contributed by atoms with Crippen molar-refractivity contribution in [3.05, 3.63) is 17.0 Å².